The molecule has 2 aliphatic carbocycles. The van der Waals surface area contributed by atoms with Gasteiger partial charge in [0.25, 0.3) is 0 Å². The van der Waals surface area contributed by atoms with Crippen molar-refractivity contribution >= 4 is 33.5 Å². The first-order valence-electron chi connectivity index (χ1n) is 13.0. The Hall–Kier alpha value is -4.36. The van der Waals surface area contributed by atoms with Crippen molar-refractivity contribution in [2.24, 2.45) is 0 Å². The molecule has 0 bridgehead atoms. The van der Waals surface area contributed by atoms with Gasteiger partial charge in [-0.25, -0.2) is 19.7 Å². The lowest BCUT2D eigenvalue weighted by Gasteiger charge is -2.10. The van der Waals surface area contributed by atoms with Crippen molar-refractivity contribution in [3.8, 4) is 11.1 Å². The topological polar surface area (TPSA) is 100 Å². The SMILES string of the molecule is O=C(O)c1cc2ccccc2cn1.c1cc(CNC2CC2)cc(-c2ccc3ncnc(NC4CC4)c3c2)c1. The first kappa shape index (κ1) is 24.0. The highest BCUT2D eigenvalue weighted by Gasteiger charge is 2.22. The van der Waals surface area contributed by atoms with Gasteiger partial charge < -0.3 is 15.7 Å². The zero-order valence-electron chi connectivity index (χ0n) is 21.0. The lowest BCUT2D eigenvalue weighted by Crippen LogP contribution is -2.15. The minimum absolute atomic E-state index is 0.0821. The third-order valence-electron chi connectivity index (χ3n) is 6.84. The second kappa shape index (κ2) is 10.6. The van der Waals surface area contributed by atoms with Crippen LogP contribution in [-0.4, -0.2) is 38.1 Å². The van der Waals surface area contributed by atoms with E-state index in [2.05, 4.69) is 68.1 Å². The maximum atomic E-state index is 10.6. The van der Waals surface area contributed by atoms with Gasteiger partial charge in [-0.15, -0.1) is 0 Å². The van der Waals surface area contributed by atoms with Crippen LogP contribution in [0.5, 0.6) is 0 Å². The van der Waals surface area contributed by atoms with Crippen LogP contribution in [-0.2, 0) is 6.54 Å². The maximum absolute atomic E-state index is 10.6. The van der Waals surface area contributed by atoms with Crippen molar-refractivity contribution in [2.75, 3.05) is 5.32 Å². The molecule has 2 fully saturated rings. The number of rotatable bonds is 7. The molecular weight excluding hydrogens is 474 g/mol. The summed E-state index contributed by atoms with van der Waals surface area (Å²) in [6.45, 7) is 0.948. The number of carbonyl (C=O) groups is 1. The summed E-state index contributed by atoms with van der Waals surface area (Å²) in [5, 5.41) is 18.8. The van der Waals surface area contributed by atoms with Gasteiger partial charge >= 0.3 is 5.97 Å². The summed E-state index contributed by atoms with van der Waals surface area (Å²) >= 11 is 0. The van der Waals surface area contributed by atoms with Crippen LogP contribution in [0.3, 0.4) is 0 Å². The Bertz CT molecular complexity index is 1610. The van der Waals surface area contributed by atoms with E-state index in [9.17, 15) is 4.79 Å². The monoisotopic (exact) mass is 503 g/mol. The number of aromatic nitrogens is 3. The standard InChI is InChI=1S/C21H22N4.C10H7NO2/c1-2-14(12-22-17-5-6-17)10-15(3-1)16-4-9-20-19(11-16)21(24-13-23-20)25-18-7-8-18;12-10(13)9-5-7-3-1-2-4-8(7)6-11-9/h1-4,9-11,13,17-18,22H,5-8,12H2,(H,23,24,25);1-6H,(H,12,13). The number of carboxylic acid groups (broad SMARTS) is 1. The second-order valence-electron chi connectivity index (χ2n) is 9.95. The molecule has 5 aromatic rings. The van der Waals surface area contributed by atoms with Gasteiger partial charge in [0.2, 0.25) is 0 Å². The first-order chi connectivity index (χ1) is 18.6. The van der Waals surface area contributed by atoms with Crippen LogP contribution in [0.15, 0.2) is 85.3 Å². The smallest absolute Gasteiger partial charge is 0.354 e. The molecule has 0 aliphatic heterocycles. The molecule has 7 nitrogen and oxygen atoms in total. The van der Waals surface area contributed by atoms with E-state index < -0.39 is 5.97 Å². The number of nitrogens with zero attached hydrogens (tertiary/aromatic N) is 3. The van der Waals surface area contributed by atoms with Crippen molar-refractivity contribution in [1.29, 1.82) is 0 Å². The van der Waals surface area contributed by atoms with Gasteiger partial charge in [-0.2, -0.15) is 0 Å². The predicted octanol–water partition coefficient (Wildman–Crippen LogP) is 6.06. The molecule has 2 heterocycles. The number of fused-ring (bicyclic) bond motifs is 2. The fraction of sp³-hybridized carbons (Fsp3) is 0.226. The first-order valence-corrected chi connectivity index (χ1v) is 13.0. The van der Waals surface area contributed by atoms with Gasteiger partial charge in [0.05, 0.1) is 5.52 Å². The zero-order chi connectivity index (χ0) is 25.9. The van der Waals surface area contributed by atoms with E-state index in [-0.39, 0.29) is 5.69 Å². The number of aromatic carboxylic acids is 1. The van der Waals surface area contributed by atoms with E-state index in [0.717, 1.165) is 40.1 Å². The molecule has 0 atom stereocenters. The van der Waals surface area contributed by atoms with E-state index >= 15 is 0 Å². The molecule has 2 aliphatic rings. The number of anilines is 1. The number of hydrogen-bond donors (Lipinski definition) is 3. The van der Waals surface area contributed by atoms with Crippen LogP contribution in [0.25, 0.3) is 32.8 Å². The summed E-state index contributed by atoms with van der Waals surface area (Å²) < 4.78 is 0. The van der Waals surface area contributed by atoms with Crippen LogP contribution < -0.4 is 10.6 Å². The van der Waals surface area contributed by atoms with Crippen LogP contribution in [0.4, 0.5) is 5.82 Å². The van der Waals surface area contributed by atoms with Gasteiger partial charge in [0.15, 0.2) is 0 Å². The second-order valence-corrected chi connectivity index (χ2v) is 9.95. The minimum atomic E-state index is -0.995. The highest BCUT2D eigenvalue weighted by atomic mass is 16.4. The van der Waals surface area contributed by atoms with Crippen LogP contribution in [0, 0.1) is 0 Å². The molecule has 0 unspecified atom stereocenters. The molecule has 0 spiro atoms. The molecular formula is C31H29N5O2. The summed E-state index contributed by atoms with van der Waals surface area (Å²) in [4.78, 5) is 23.3. The molecule has 0 saturated heterocycles. The van der Waals surface area contributed by atoms with Crippen LogP contribution >= 0.6 is 0 Å². The van der Waals surface area contributed by atoms with E-state index in [1.807, 2.05) is 24.3 Å². The van der Waals surface area contributed by atoms with Gasteiger partial charge in [0.1, 0.15) is 17.8 Å². The number of hydrogen-bond acceptors (Lipinski definition) is 6. The van der Waals surface area contributed by atoms with Crippen LogP contribution in [0.2, 0.25) is 0 Å². The molecule has 7 rings (SSSR count). The Labute approximate surface area is 221 Å². The van der Waals surface area contributed by atoms with Gasteiger partial charge in [0, 0.05) is 35.6 Å². The molecule has 38 heavy (non-hydrogen) atoms. The van der Waals surface area contributed by atoms with E-state index in [1.165, 1.54) is 42.4 Å². The number of pyridine rings is 1. The van der Waals surface area contributed by atoms with Crippen molar-refractivity contribution in [1.82, 2.24) is 20.3 Å². The van der Waals surface area contributed by atoms with Crippen LogP contribution in [0.1, 0.15) is 41.7 Å². The van der Waals surface area contributed by atoms with E-state index in [0.29, 0.717) is 6.04 Å². The van der Waals surface area contributed by atoms with Gasteiger partial charge in [-0.1, -0.05) is 48.5 Å². The molecule has 2 aromatic heterocycles. The number of carboxylic acids is 1. The summed E-state index contributed by atoms with van der Waals surface area (Å²) in [5.41, 5.74) is 4.88. The largest absolute Gasteiger partial charge is 0.477 e. The Kier molecular flexibility index (Phi) is 6.67. The lowest BCUT2D eigenvalue weighted by atomic mass is 10.0. The fourth-order valence-electron chi connectivity index (χ4n) is 4.38. The molecule has 7 heteroatoms. The molecule has 3 N–H and O–H groups in total. The van der Waals surface area contributed by atoms with Crippen molar-refractivity contribution in [3.63, 3.8) is 0 Å². The lowest BCUT2D eigenvalue weighted by molar-refractivity contribution is 0.0690. The summed E-state index contributed by atoms with van der Waals surface area (Å²) in [6.07, 6.45) is 8.33. The molecule has 2 saturated carbocycles. The Morgan fingerprint density at radius 2 is 1.61 bits per heavy atom. The van der Waals surface area contributed by atoms with Crippen molar-refractivity contribution < 1.29 is 9.90 Å². The molecule has 190 valence electrons. The molecule has 0 amide bonds. The van der Waals surface area contributed by atoms with E-state index in [4.69, 9.17) is 5.11 Å². The molecule has 0 radical (unpaired) electrons. The maximum Gasteiger partial charge on any atom is 0.354 e. The Morgan fingerprint density at radius 3 is 2.39 bits per heavy atom. The van der Waals surface area contributed by atoms with Gasteiger partial charge in [-0.05, 0) is 72.0 Å². The summed E-state index contributed by atoms with van der Waals surface area (Å²) in [7, 11) is 0. The summed E-state index contributed by atoms with van der Waals surface area (Å²) in [6, 6.07) is 25.7. The normalized spacial score (nSPS) is 14.6. The third-order valence-corrected chi connectivity index (χ3v) is 6.84. The number of benzene rings is 3. The molecule has 3 aromatic carbocycles. The van der Waals surface area contributed by atoms with Gasteiger partial charge in [-0.3, -0.25) is 0 Å². The average Bonchev–Trinajstić information content (AvgIpc) is 3.89. The predicted molar refractivity (Wildman–Crippen MR) is 150 cm³/mol. The Morgan fingerprint density at radius 1 is 0.816 bits per heavy atom. The number of nitrogens with one attached hydrogen (secondary N) is 2. The highest BCUT2D eigenvalue weighted by Crippen LogP contribution is 2.31. The quantitative estimate of drug-likeness (QED) is 0.248. The van der Waals surface area contributed by atoms with E-state index in [1.54, 1.807) is 18.6 Å². The van der Waals surface area contributed by atoms with Crippen molar-refractivity contribution in [2.45, 2.75) is 44.3 Å². The zero-order valence-corrected chi connectivity index (χ0v) is 21.0. The minimum Gasteiger partial charge on any atom is -0.477 e. The third kappa shape index (κ3) is 5.79. The Balaban J connectivity index is 0.000000171. The fourth-order valence-corrected chi connectivity index (χ4v) is 4.38. The average molecular weight is 504 g/mol. The summed E-state index contributed by atoms with van der Waals surface area (Å²) in [5.74, 6) is -0.0355. The highest BCUT2D eigenvalue weighted by molar-refractivity contribution is 5.93. The van der Waals surface area contributed by atoms with Crippen molar-refractivity contribution in [3.05, 3.63) is 96.6 Å².